The average Bonchev–Trinajstić information content (AvgIpc) is 3.52. The molecule has 0 atom stereocenters. The number of halogens is 2. The number of aromatic nitrogens is 6. The Bertz CT molecular complexity index is 1440. The van der Waals surface area contributed by atoms with Gasteiger partial charge in [-0.3, -0.25) is 0 Å². The van der Waals surface area contributed by atoms with Crippen LogP contribution in [0.4, 0.5) is 0 Å². The summed E-state index contributed by atoms with van der Waals surface area (Å²) in [6.07, 6.45) is 3.91. The number of nitrogens with one attached hydrogen (secondary N) is 1. The van der Waals surface area contributed by atoms with Crippen LogP contribution in [0.25, 0.3) is 33.6 Å². The van der Waals surface area contributed by atoms with Crippen molar-refractivity contribution in [2.45, 2.75) is 26.8 Å². The van der Waals surface area contributed by atoms with Gasteiger partial charge in [0, 0.05) is 27.6 Å². The molecule has 3 aromatic rings. The maximum Gasteiger partial charge on any atom is 0.354 e. The van der Waals surface area contributed by atoms with E-state index in [0.717, 1.165) is 37.9 Å². The number of carbonyl (C=O) groups is 1. The molecule has 2 aromatic heterocycles. The van der Waals surface area contributed by atoms with Crippen LogP contribution >= 0.6 is 28.3 Å². The third-order valence-electron chi connectivity index (χ3n) is 5.71. The monoisotopic (exact) mass is 542 g/mol. The molecular weight excluding hydrogens is 524 g/mol. The molecular formula is C23H20BrClN6O3. The number of carboxylic acid groups (broad SMARTS) is 1. The lowest BCUT2D eigenvalue weighted by molar-refractivity contribution is 0.0684. The highest BCUT2D eigenvalue weighted by Crippen LogP contribution is 2.48. The van der Waals surface area contributed by atoms with Gasteiger partial charge in [-0.25, -0.2) is 9.78 Å². The van der Waals surface area contributed by atoms with Gasteiger partial charge in [0.1, 0.15) is 5.82 Å². The number of aromatic carboxylic acids is 1. The highest BCUT2D eigenvalue weighted by atomic mass is 79.9. The summed E-state index contributed by atoms with van der Waals surface area (Å²) in [5, 5.41) is 24.4. The second kappa shape index (κ2) is 9.40. The molecule has 5 rings (SSSR count). The zero-order chi connectivity index (χ0) is 23.1. The van der Waals surface area contributed by atoms with Gasteiger partial charge in [-0.05, 0) is 50.8 Å². The summed E-state index contributed by atoms with van der Waals surface area (Å²) < 4.78 is 8.08. The number of rotatable bonds is 6. The molecule has 11 heteroatoms. The number of fused-ring (bicyclic) bond motifs is 1. The Morgan fingerprint density at radius 3 is 2.62 bits per heavy atom. The molecule has 1 aliphatic carbocycles. The largest absolute Gasteiger partial charge is 0.477 e. The molecule has 0 saturated carbocycles. The number of carboxylic acids is 1. The van der Waals surface area contributed by atoms with Crippen LogP contribution in [0.5, 0.6) is 0 Å². The number of H-pyrrole nitrogens is 1. The number of aromatic amines is 1. The first-order chi connectivity index (χ1) is 16.0. The van der Waals surface area contributed by atoms with E-state index in [1.54, 1.807) is 24.0 Å². The third kappa shape index (κ3) is 3.78. The van der Waals surface area contributed by atoms with Crippen molar-refractivity contribution in [1.82, 2.24) is 30.2 Å². The summed E-state index contributed by atoms with van der Waals surface area (Å²) in [5.74, 6) is 0.184. The molecule has 9 nitrogen and oxygen atoms in total. The predicted molar refractivity (Wildman–Crippen MR) is 131 cm³/mol. The second-order valence-corrected chi connectivity index (χ2v) is 8.33. The van der Waals surface area contributed by atoms with Gasteiger partial charge in [0.2, 0.25) is 5.82 Å². The summed E-state index contributed by atoms with van der Waals surface area (Å²) in [5.41, 5.74) is 6.08. The summed E-state index contributed by atoms with van der Waals surface area (Å²) in [6, 6.07) is 9.67. The van der Waals surface area contributed by atoms with E-state index < -0.39 is 5.97 Å². The number of aryl methyl sites for hydroxylation is 2. The van der Waals surface area contributed by atoms with Gasteiger partial charge >= 0.3 is 5.97 Å². The van der Waals surface area contributed by atoms with Gasteiger partial charge in [0.25, 0.3) is 0 Å². The van der Waals surface area contributed by atoms with E-state index in [9.17, 15) is 9.90 Å². The quantitative estimate of drug-likeness (QED) is 0.301. The van der Waals surface area contributed by atoms with Crippen LogP contribution in [-0.4, -0.2) is 41.3 Å². The molecule has 174 valence electrons. The molecule has 34 heavy (non-hydrogen) atoms. The van der Waals surface area contributed by atoms with E-state index in [-0.39, 0.29) is 18.1 Å². The minimum Gasteiger partial charge on any atom is -0.477 e. The van der Waals surface area contributed by atoms with Crippen molar-refractivity contribution in [2.75, 3.05) is 0 Å². The van der Waals surface area contributed by atoms with Crippen LogP contribution in [0.2, 0.25) is 0 Å². The van der Waals surface area contributed by atoms with Crippen molar-refractivity contribution in [3.63, 3.8) is 0 Å². The summed E-state index contributed by atoms with van der Waals surface area (Å²) >= 11 is 3.77. The molecule has 0 unspecified atom stereocenters. The summed E-state index contributed by atoms with van der Waals surface area (Å²) in [6.45, 7) is 4.02. The molecule has 1 aliphatic heterocycles. The van der Waals surface area contributed by atoms with Gasteiger partial charge in [-0.1, -0.05) is 31.2 Å². The number of hydrogen-bond donors (Lipinski definition) is 2. The molecule has 2 aliphatic rings. The van der Waals surface area contributed by atoms with E-state index in [0.29, 0.717) is 30.3 Å². The molecule has 3 heterocycles. The van der Waals surface area contributed by atoms with Crippen molar-refractivity contribution in [3.05, 3.63) is 70.1 Å². The number of imidazole rings is 1. The minimum absolute atomic E-state index is 0. The van der Waals surface area contributed by atoms with E-state index >= 15 is 0 Å². The van der Waals surface area contributed by atoms with Gasteiger partial charge in [-0.15, -0.1) is 22.6 Å². The Morgan fingerprint density at radius 1 is 1.18 bits per heavy atom. The fourth-order valence-corrected chi connectivity index (χ4v) is 5.08. The van der Waals surface area contributed by atoms with Crippen molar-refractivity contribution in [2.24, 2.45) is 0 Å². The lowest BCUT2D eigenvalue weighted by Crippen LogP contribution is -2.13. The lowest BCUT2D eigenvalue weighted by atomic mass is 9.97. The fourth-order valence-electron chi connectivity index (χ4n) is 4.32. The first-order valence-corrected chi connectivity index (χ1v) is 11.1. The standard InChI is InChI=1S/C23H19BrN6O3.ClH/c1-3-18-25-12(2)21(23(31)32)30(18)10-16-13-8-9-33-11-17(13)20(24)19(16)14-6-4-5-7-15(14)22-26-28-29-27-22;/h4-9,11H,3,10H2,1-2H3,(H,31,32)(H,26,27,28,29);1H. The van der Waals surface area contributed by atoms with E-state index in [2.05, 4.69) is 41.5 Å². The second-order valence-electron chi connectivity index (χ2n) is 7.54. The summed E-state index contributed by atoms with van der Waals surface area (Å²) in [4.78, 5) is 16.6. The maximum atomic E-state index is 12.1. The van der Waals surface area contributed by atoms with Gasteiger partial charge in [0.05, 0.1) is 24.8 Å². The van der Waals surface area contributed by atoms with Crippen LogP contribution < -0.4 is 0 Å². The topological polar surface area (TPSA) is 123 Å². The van der Waals surface area contributed by atoms with Gasteiger partial charge in [0.15, 0.2) is 5.69 Å². The van der Waals surface area contributed by atoms with Crippen molar-refractivity contribution >= 4 is 34.3 Å². The van der Waals surface area contributed by atoms with Crippen molar-refractivity contribution < 1.29 is 14.3 Å². The molecule has 1 aromatic carbocycles. The minimum atomic E-state index is -1.00. The molecule has 0 radical (unpaired) electrons. The zero-order valence-electron chi connectivity index (χ0n) is 18.2. The van der Waals surface area contributed by atoms with Crippen LogP contribution in [0.1, 0.15) is 34.5 Å². The zero-order valence-corrected chi connectivity index (χ0v) is 20.6. The Morgan fingerprint density at radius 2 is 1.94 bits per heavy atom. The lowest BCUT2D eigenvalue weighted by Gasteiger charge is -2.14. The Labute approximate surface area is 209 Å². The molecule has 2 N–H and O–H groups in total. The van der Waals surface area contributed by atoms with Gasteiger partial charge in [-0.2, -0.15) is 5.21 Å². The first kappa shape index (κ1) is 23.7. The third-order valence-corrected chi connectivity index (χ3v) is 6.53. The van der Waals surface area contributed by atoms with Gasteiger partial charge < -0.3 is 14.1 Å². The van der Waals surface area contributed by atoms with Crippen LogP contribution in [0, 0.1) is 6.92 Å². The Hall–Kier alpha value is -3.50. The summed E-state index contributed by atoms with van der Waals surface area (Å²) in [7, 11) is 0. The van der Waals surface area contributed by atoms with Crippen molar-refractivity contribution in [1.29, 1.82) is 0 Å². The number of nitrogens with zero attached hydrogens (tertiary/aromatic N) is 5. The molecule has 0 bridgehead atoms. The van der Waals surface area contributed by atoms with E-state index in [1.807, 2.05) is 37.3 Å². The van der Waals surface area contributed by atoms with Crippen molar-refractivity contribution in [3.8, 4) is 33.6 Å². The van der Waals surface area contributed by atoms with E-state index in [1.165, 1.54) is 0 Å². The van der Waals surface area contributed by atoms with Crippen LogP contribution in [-0.2, 0) is 13.0 Å². The first-order valence-electron chi connectivity index (χ1n) is 10.3. The predicted octanol–water partition coefficient (Wildman–Crippen LogP) is 5.23. The molecule has 0 amide bonds. The highest BCUT2D eigenvalue weighted by Gasteiger charge is 2.28. The maximum absolute atomic E-state index is 12.1. The average molecular weight is 544 g/mol. The molecule has 0 saturated heterocycles. The molecule has 0 spiro atoms. The van der Waals surface area contributed by atoms with Crippen LogP contribution in [0.15, 0.2) is 51.7 Å². The molecule has 0 fully saturated rings. The number of benzene rings is 1. The SMILES string of the molecule is CCc1nc(C)c(C(=O)O)n1Cc1c2ccocc-2c(Br)c1-c1ccccc1-c1nn[nH]n1.Cl. The smallest absolute Gasteiger partial charge is 0.354 e. The highest BCUT2D eigenvalue weighted by molar-refractivity contribution is 9.10. The normalized spacial score (nSPS) is 11.0. The Balaban J connectivity index is 0.00000274. The number of hydrogen-bond acceptors (Lipinski definition) is 6. The number of tetrazole rings is 1. The van der Waals surface area contributed by atoms with E-state index in [4.69, 9.17) is 4.42 Å². The fraction of sp³-hybridized carbons (Fsp3) is 0.174. The van der Waals surface area contributed by atoms with Crippen LogP contribution in [0.3, 0.4) is 0 Å². The Kier molecular flexibility index (Phi) is 6.54.